The summed E-state index contributed by atoms with van der Waals surface area (Å²) in [5.74, 6) is 1.09. The van der Waals surface area contributed by atoms with Gasteiger partial charge in [0, 0.05) is 16.9 Å². The first-order valence-electron chi connectivity index (χ1n) is 10.2. The number of ether oxygens (including phenoxy) is 1. The lowest BCUT2D eigenvalue weighted by molar-refractivity contribution is -0.114. The van der Waals surface area contributed by atoms with Crippen molar-refractivity contribution in [2.24, 2.45) is 0 Å². The zero-order chi connectivity index (χ0) is 22.1. The number of anilines is 2. The Hall–Kier alpha value is -3.74. The molecule has 1 aromatic heterocycles. The molecule has 0 spiro atoms. The van der Waals surface area contributed by atoms with Crippen molar-refractivity contribution in [1.29, 1.82) is 0 Å². The zero-order valence-electron chi connectivity index (χ0n) is 17.7. The second kappa shape index (κ2) is 10.9. The molecule has 0 aliphatic carbocycles. The summed E-state index contributed by atoms with van der Waals surface area (Å²) in [7, 11) is 0. The normalized spacial score (nSPS) is 11.4. The molecular weight excluding hydrogens is 394 g/mol. The zero-order valence-corrected chi connectivity index (χ0v) is 17.7. The number of carbonyl (C=O) groups excluding carboxylic acids is 2. The van der Waals surface area contributed by atoms with Gasteiger partial charge in [-0.3, -0.25) is 9.59 Å². The fourth-order valence-corrected chi connectivity index (χ4v) is 2.74. The molecule has 162 valence electrons. The molecule has 0 fully saturated rings. The number of benzene rings is 2. The predicted molar refractivity (Wildman–Crippen MR) is 120 cm³/mol. The highest BCUT2D eigenvalue weighted by Gasteiger charge is 2.08. The van der Waals surface area contributed by atoms with Gasteiger partial charge in [0.2, 0.25) is 5.91 Å². The molecule has 0 aliphatic rings. The van der Waals surface area contributed by atoms with E-state index < -0.39 is 0 Å². The van der Waals surface area contributed by atoms with Crippen molar-refractivity contribution in [2.75, 3.05) is 17.2 Å². The number of hydrogen-bond donors (Lipinski definition) is 3. The molecule has 2 aromatic carbocycles. The second-order valence-corrected chi connectivity index (χ2v) is 7.10. The van der Waals surface area contributed by atoms with Crippen LogP contribution in [-0.4, -0.2) is 24.5 Å². The molecule has 2 amide bonds. The number of amides is 2. The summed E-state index contributed by atoms with van der Waals surface area (Å²) in [6.07, 6.45) is 2.67. The van der Waals surface area contributed by atoms with Crippen molar-refractivity contribution < 1.29 is 18.7 Å². The maximum Gasteiger partial charge on any atom is 0.251 e. The van der Waals surface area contributed by atoms with E-state index in [1.54, 1.807) is 42.7 Å². The third-order valence-corrected chi connectivity index (χ3v) is 4.65. The van der Waals surface area contributed by atoms with Crippen molar-refractivity contribution in [1.82, 2.24) is 5.32 Å². The molecule has 0 bridgehead atoms. The van der Waals surface area contributed by atoms with Gasteiger partial charge in [-0.15, -0.1) is 0 Å². The molecular formula is C24H27N3O4. The summed E-state index contributed by atoms with van der Waals surface area (Å²) in [5, 5.41) is 8.66. The summed E-state index contributed by atoms with van der Waals surface area (Å²) in [4.78, 5) is 24.4. The molecule has 3 rings (SSSR count). The second-order valence-electron chi connectivity index (χ2n) is 7.10. The van der Waals surface area contributed by atoms with Crippen LogP contribution >= 0.6 is 0 Å². The van der Waals surface area contributed by atoms with Crippen LogP contribution in [0.4, 0.5) is 11.4 Å². The van der Waals surface area contributed by atoms with Gasteiger partial charge in [0.15, 0.2) is 0 Å². The van der Waals surface area contributed by atoms with E-state index in [1.165, 1.54) is 0 Å². The van der Waals surface area contributed by atoms with Gasteiger partial charge in [0.25, 0.3) is 5.91 Å². The third-order valence-electron chi connectivity index (χ3n) is 4.65. The Morgan fingerprint density at radius 2 is 1.71 bits per heavy atom. The lowest BCUT2D eigenvalue weighted by atomic mass is 10.2. The maximum absolute atomic E-state index is 12.2. The van der Waals surface area contributed by atoms with Crippen LogP contribution in [0.1, 0.15) is 36.4 Å². The Morgan fingerprint density at radius 3 is 2.35 bits per heavy atom. The Balaban J connectivity index is 1.43. The number of furan rings is 1. The Labute approximate surface area is 181 Å². The Morgan fingerprint density at radius 1 is 1.00 bits per heavy atom. The van der Waals surface area contributed by atoms with Crippen molar-refractivity contribution in [3.63, 3.8) is 0 Å². The highest BCUT2D eigenvalue weighted by Crippen LogP contribution is 2.17. The van der Waals surface area contributed by atoms with E-state index in [9.17, 15) is 9.59 Å². The standard InChI is InChI=1S/C24H27N3O4/c1-3-17(2)31-21-12-10-19(11-13-21)25-16-23(28)27-20-8-6-18(7-9-20)24(29)26-15-22-5-4-14-30-22/h4-14,17,25H,3,15-16H2,1-2H3,(H,26,29)(H,27,28). The van der Waals surface area contributed by atoms with Gasteiger partial charge in [-0.25, -0.2) is 0 Å². The van der Waals surface area contributed by atoms with Gasteiger partial charge in [-0.2, -0.15) is 0 Å². The average molecular weight is 421 g/mol. The van der Waals surface area contributed by atoms with E-state index in [-0.39, 0.29) is 24.5 Å². The summed E-state index contributed by atoms with van der Waals surface area (Å²) in [5.41, 5.74) is 1.95. The molecule has 7 heteroatoms. The Bertz CT molecular complexity index is 967. The first-order chi connectivity index (χ1) is 15.0. The SMILES string of the molecule is CCC(C)Oc1ccc(NCC(=O)Nc2ccc(C(=O)NCc3ccco3)cc2)cc1. The van der Waals surface area contributed by atoms with Crippen LogP contribution in [-0.2, 0) is 11.3 Å². The Kier molecular flexibility index (Phi) is 7.70. The molecule has 0 saturated carbocycles. The molecule has 1 heterocycles. The van der Waals surface area contributed by atoms with E-state index in [0.29, 0.717) is 23.6 Å². The molecule has 0 radical (unpaired) electrons. The van der Waals surface area contributed by atoms with Gasteiger partial charge < -0.3 is 25.1 Å². The van der Waals surface area contributed by atoms with Crippen LogP contribution in [0.25, 0.3) is 0 Å². The van der Waals surface area contributed by atoms with Crippen LogP contribution in [0.3, 0.4) is 0 Å². The molecule has 3 N–H and O–H groups in total. The van der Waals surface area contributed by atoms with Gasteiger partial charge in [0.05, 0.1) is 25.5 Å². The third kappa shape index (κ3) is 6.92. The average Bonchev–Trinajstić information content (AvgIpc) is 3.31. The highest BCUT2D eigenvalue weighted by atomic mass is 16.5. The van der Waals surface area contributed by atoms with Crippen LogP contribution in [0.15, 0.2) is 71.3 Å². The number of nitrogens with one attached hydrogen (secondary N) is 3. The van der Waals surface area contributed by atoms with Gasteiger partial charge in [-0.05, 0) is 74.0 Å². The molecule has 0 saturated heterocycles. The number of hydrogen-bond acceptors (Lipinski definition) is 5. The molecule has 1 atom stereocenters. The first kappa shape index (κ1) is 22.0. The summed E-state index contributed by atoms with van der Waals surface area (Å²) < 4.78 is 10.9. The minimum absolute atomic E-state index is 0.122. The quantitative estimate of drug-likeness (QED) is 0.450. The monoisotopic (exact) mass is 421 g/mol. The molecule has 31 heavy (non-hydrogen) atoms. The van der Waals surface area contributed by atoms with Gasteiger partial charge in [-0.1, -0.05) is 6.92 Å². The smallest absolute Gasteiger partial charge is 0.251 e. The summed E-state index contributed by atoms with van der Waals surface area (Å²) >= 11 is 0. The van der Waals surface area contributed by atoms with Gasteiger partial charge >= 0.3 is 0 Å². The molecule has 1 unspecified atom stereocenters. The van der Waals surface area contributed by atoms with Crippen LogP contribution < -0.4 is 20.7 Å². The molecule has 7 nitrogen and oxygen atoms in total. The van der Waals surface area contributed by atoms with Crippen molar-refractivity contribution in [3.8, 4) is 5.75 Å². The van der Waals surface area contributed by atoms with Crippen molar-refractivity contribution in [3.05, 3.63) is 78.3 Å². The lowest BCUT2D eigenvalue weighted by Gasteiger charge is -2.13. The molecule has 3 aromatic rings. The van der Waals surface area contributed by atoms with E-state index in [4.69, 9.17) is 9.15 Å². The predicted octanol–water partition coefficient (Wildman–Crippen LogP) is 4.44. The van der Waals surface area contributed by atoms with Crippen LogP contribution in [0.5, 0.6) is 5.75 Å². The molecule has 0 aliphatic heterocycles. The van der Waals surface area contributed by atoms with Gasteiger partial charge in [0.1, 0.15) is 11.5 Å². The fourth-order valence-electron chi connectivity index (χ4n) is 2.74. The highest BCUT2D eigenvalue weighted by molar-refractivity contribution is 5.96. The van der Waals surface area contributed by atoms with E-state index in [1.807, 2.05) is 31.2 Å². The van der Waals surface area contributed by atoms with E-state index in [2.05, 4.69) is 22.9 Å². The maximum atomic E-state index is 12.2. The van der Waals surface area contributed by atoms with Crippen molar-refractivity contribution >= 4 is 23.2 Å². The first-order valence-corrected chi connectivity index (χ1v) is 10.2. The summed E-state index contributed by atoms with van der Waals surface area (Å²) in [6, 6.07) is 17.8. The topological polar surface area (TPSA) is 92.6 Å². The largest absolute Gasteiger partial charge is 0.491 e. The fraction of sp³-hybridized carbons (Fsp3) is 0.250. The summed E-state index contributed by atoms with van der Waals surface area (Å²) in [6.45, 7) is 4.54. The lowest BCUT2D eigenvalue weighted by Crippen LogP contribution is -2.23. The van der Waals surface area contributed by atoms with E-state index in [0.717, 1.165) is 17.9 Å². The number of rotatable bonds is 10. The van der Waals surface area contributed by atoms with Crippen LogP contribution in [0, 0.1) is 0 Å². The van der Waals surface area contributed by atoms with Crippen molar-refractivity contribution in [2.45, 2.75) is 32.9 Å². The van der Waals surface area contributed by atoms with Crippen LogP contribution in [0.2, 0.25) is 0 Å². The minimum atomic E-state index is -0.211. The minimum Gasteiger partial charge on any atom is -0.491 e. The van der Waals surface area contributed by atoms with E-state index >= 15 is 0 Å². The number of carbonyl (C=O) groups is 2.